The van der Waals surface area contributed by atoms with Gasteiger partial charge in [0.2, 0.25) is 0 Å². The molecule has 1 aromatic rings. The van der Waals surface area contributed by atoms with Crippen molar-refractivity contribution in [3.8, 4) is 0 Å². The Morgan fingerprint density at radius 3 is 2.50 bits per heavy atom. The van der Waals surface area contributed by atoms with E-state index in [1.165, 1.54) is 0 Å². The van der Waals surface area contributed by atoms with Gasteiger partial charge in [0.1, 0.15) is 0 Å². The second-order valence-electron chi connectivity index (χ2n) is 1.63. The Morgan fingerprint density at radius 1 is 1.38 bits per heavy atom. The van der Waals surface area contributed by atoms with Crippen molar-refractivity contribution in [3.63, 3.8) is 0 Å². The van der Waals surface area contributed by atoms with E-state index in [0.717, 1.165) is 10.9 Å². The van der Waals surface area contributed by atoms with Crippen LogP contribution in [0.15, 0.2) is 24.3 Å². The van der Waals surface area contributed by atoms with Crippen molar-refractivity contribution < 1.29 is 0 Å². The number of rotatable bonds is 0. The highest BCUT2D eigenvalue weighted by molar-refractivity contribution is 6.32. The van der Waals surface area contributed by atoms with E-state index >= 15 is 0 Å². The van der Waals surface area contributed by atoms with Gasteiger partial charge in [-0.2, -0.15) is 0 Å². The van der Waals surface area contributed by atoms with Crippen LogP contribution in [0.5, 0.6) is 0 Å². The monoisotopic (exact) mass is 120 g/mol. The zero-order chi connectivity index (χ0) is 5.98. The van der Waals surface area contributed by atoms with Crippen LogP contribution in [-0.2, 0) is 0 Å². The predicted octanol–water partition coefficient (Wildman–Crippen LogP) is 0.0626. The second kappa shape index (κ2) is 2.00. The molecular formula is C6H6NSi. The molecule has 0 bridgehead atoms. The van der Waals surface area contributed by atoms with E-state index in [2.05, 4.69) is 10.2 Å². The minimum atomic E-state index is 0.789. The van der Waals surface area contributed by atoms with Crippen LogP contribution in [0.2, 0.25) is 0 Å². The summed E-state index contributed by atoms with van der Waals surface area (Å²) < 4.78 is 0. The summed E-state index contributed by atoms with van der Waals surface area (Å²) in [5.41, 5.74) is 6.22. The molecule has 0 atom stereocenters. The van der Waals surface area contributed by atoms with E-state index in [1.54, 1.807) is 0 Å². The van der Waals surface area contributed by atoms with Crippen molar-refractivity contribution in [2.24, 2.45) is 0 Å². The highest BCUT2D eigenvalue weighted by atomic mass is 28.1. The largest absolute Gasteiger partial charge is 0.399 e. The minimum Gasteiger partial charge on any atom is -0.399 e. The van der Waals surface area contributed by atoms with Crippen LogP contribution in [0, 0.1) is 0 Å². The smallest absolute Gasteiger partial charge is 0.0712 e. The fraction of sp³-hybridized carbons (Fsp3) is 0. The molecule has 2 N–H and O–H groups in total. The van der Waals surface area contributed by atoms with E-state index in [-0.39, 0.29) is 0 Å². The van der Waals surface area contributed by atoms with E-state index in [0.29, 0.717) is 0 Å². The number of nitrogens with two attached hydrogens (primary N) is 1. The third-order valence-corrected chi connectivity index (χ3v) is 1.20. The first-order chi connectivity index (χ1) is 3.79. The summed E-state index contributed by atoms with van der Waals surface area (Å²) >= 11 is 0. The van der Waals surface area contributed by atoms with Crippen molar-refractivity contribution in [2.75, 3.05) is 5.73 Å². The van der Waals surface area contributed by atoms with Gasteiger partial charge < -0.3 is 5.73 Å². The highest BCUT2D eigenvalue weighted by Crippen LogP contribution is 1.93. The Kier molecular flexibility index (Phi) is 1.35. The molecule has 0 unspecified atom stereocenters. The Bertz CT molecular complexity index is 168. The van der Waals surface area contributed by atoms with E-state index in [1.807, 2.05) is 24.3 Å². The van der Waals surface area contributed by atoms with Crippen molar-refractivity contribution >= 4 is 21.1 Å². The molecule has 0 aliphatic heterocycles. The molecule has 39 valence electrons. The third-order valence-electron chi connectivity index (χ3n) is 0.887. The van der Waals surface area contributed by atoms with Gasteiger partial charge in [-0.25, -0.2) is 0 Å². The Morgan fingerprint density at radius 2 is 2.12 bits per heavy atom. The minimum absolute atomic E-state index is 0.789. The SMILES string of the molecule is Nc1cccc([Si])c1. The summed E-state index contributed by atoms with van der Waals surface area (Å²) in [6.45, 7) is 0. The zero-order valence-corrected chi connectivity index (χ0v) is 5.39. The lowest BCUT2D eigenvalue weighted by atomic mass is 10.3. The predicted molar refractivity (Wildman–Crippen MR) is 36.2 cm³/mol. The number of benzene rings is 1. The molecule has 0 aromatic heterocycles. The Hall–Kier alpha value is -0.763. The van der Waals surface area contributed by atoms with Crippen molar-refractivity contribution in [3.05, 3.63) is 24.3 Å². The van der Waals surface area contributed by atoms with Crippen LogP contribution in [-0.4, -0.2) is 10.2 Å². The van der Waals surface area contributed by atoms with Crippen molar-refractivity contribution in [1.82, 2.24) is 0 Å². The lowest BCUT2D eigenvalue weighted by Crippen LogP contribution is -2.01. The maximum Gasteiger partial charge on any atom is 0.0712 e. The molecule has 2 heteroatoms. The third kappa shape index (κ3) is 1.10. The number of nitrogen functional groups attached to an aromatic ring is 1. The summed E-state index contributed by atoms with van der Waals surface area (Å²) in [5.74, 6) is 0. The van der Waals surface area contributed by atoms with Crippen LogP contribution < -0.4 is 10.9 Å². The first-order valence-corrected chi connectivity index (χ1v) is 2.86. The van der Waals surface area contributed by atoms with Crippen LogP contribution >= 0.6 is 0 Å². The molecule has 0 aliphatic rings. The van der Waals surface area contributed by atoms with Gasteiger partial charge in [0.05, 0.1) is 10.2 Å². The fourth-order valence-corrected chi connectivity index (χ4v) is 0.802. The van der Waals surface area contributed by atoms with Gasteiger partial charge in [-0.1, -0.05) is 17.3 Å². The van der Waals surface area contributed by atoms with Gasteiger partial charge in [0.25, 0.3) is 0 Å². The molecule has 0 amide bonds. The molecule has 0 fully saturated rings. The average molecular weight is 120 g/mol. The summed E-state index contributed by atoms with van der Waals surface area (Å²) in [6, 6.07) is 7.55. The van der Waals surface area contributed by atoms with Gasteiger partial charge in [-0.15, -0.1) is 0 Å². The van der Waals surface area contributed by atoms with E-state index in [9.17, 15) is 0 Å². The molecule has 3 radical (unpaired) electrons. The average Bonchev–Trinajstić information content (AvgIpc) is 1.64. The molecule has 1 aromatic carbocycles. The molecule has 0 aliphatic carbocycles. The quantitative estimate of drug-likeness (QED) is 0.380. The lowest BCUT2D eigenvalue weighted by Gasteiger charge is -1.90. The van der Waals surface area contributed by atoms with Gasteiger partial charge in [0, 0.05) is 5.69 Å². The molecule has 0 saturated heterocycles. The number of anilines is 1. The summed E-state index contributed by atoms with van der Waals surface area (Å²) in [4.78, 5) is 0. The van der Waals surface area contributed by atoms with Gasteiger partial charge in [-0.05, 0) is 12.1 Å². The first-order valence-electron chi connectivity index (χ1n) is 2.36. The second-order valence-corrected chi connectivity index (χ2v) is 2.20. The number of hydrogen-bond donors (Lipinski definition) is 1. The molecule has 0 heterocycles. The lowest BCUT2D eigenvalue weighted by molar-refractivity contribution is 1.73. The Balaban J connectivity index is 3.08. The topological polar surface area (TPSA) is 26.0 Å². The molecule has 0 saturated carbocycles. The van der Waals surface area contributed by atoms with E-state index < -0.39 is 0 Å². The van der Waals surface area contributed by atoms with Crippen LogP contribution in [0.1, 0.15) is 0 Å². The van der Waals surface area contributed by atoms with E-state index in [4.69, 9.17) is 5.73 Å². The van der Waals surface area contributed by atoms with Crippen molar-refractivity contribution in [2.45, 2.75) is 0 Å². The normalized spacial score (nSPS) is 9.12. The van der Waals surface area contributed by atoms with Crippen molar-refractivity contribution in [1.29, 1.82) is 0 Å². The number of hydrogen-bond acceptors (Lipinski definition) is 1. The van der Waals surface area contributed by atoms with Crippen LogP contribution in [0.25, 0.3) is 0 Å². The standard InChI is InChI=1S/C6H6NSi/c7-5-2-1-3-6(8)4-5/h1-4H,7H2. The molecule has 0 spiro atoms. The van der Waals surface area contributed by atoms with Gasteiger partial charge in [-0.3, -0.25) is 0 Å². The molecule has 1 rings (SSSR count). The summed E-state index contributed by atoms with van der Waals surface area (Å²) in [5, 5.41) is 1.02. The molecule has 1 nitrogen and oxygen atoms in total. The fourth-order valence-electron chi connectivity index (χ4n) is 0.539. The summed E-state index contributed by atoms with van der Waals surface area (Å²) in [7, 11) is 3.33. The highest BCUT2D eigenvalue weighted by Gasteiger charge is 1.81. The maximum absolute atomic E-state index is 5.43. The van der Waals surface area contributed by atoms with Crippen LogP contribution in [0.3, 0.4) is 0 Å². The van der Waals surface area contributed by atoms with Gasteiger partial charge >= 0.3 is 0 Å². The van der Waals surface area contributed by atoms with Crippen LogP contribution in [0.4, 0.5) is 5.69 Å². The Labute approximate surface area is 51.9 Å². The first kappa shape index (κ1) is 5.38. The maximum atomic E-state index is 5.43. The summed E-state index contributed by atoms with van der Waals surface area (Å²) in [6.07, 6.45) is 0. The molecular weight excluding hydrogens is 114 g/mol. The molecule has 8 heavy (non-hydrogen) atoms. The van der Waals surface area contributed by atoms with Gasteiger partial charge in [0.15, 0.2) is 0 Å². The zero-order valence-electron chi connectivity index (χ0n) is 4.39.